The van der Waals surface area contributed by atoms with Crippen molar-refractivity contribution in [3.63, 3.8) is 0 Å². The summed E-state index contributed by atoms with van der Waals surface area (Å²) in [5, 5.41) is 2.94. The normalized spacial score (nSPS) is 10.9. The fourth-order valence-electron chi connectivity index (χ4n) is 1.46. The third kappa shape index (κ3) is 6.37. The van der Waals surface area contributed by atoms with Gasteiger partial charge in [0, 0.05) is 18.6 Å². The van der Waals surface area contributed by atoms with E-state index in [0.717, 1.165) is 13.0 Å². The molecule has 0 heterocycles. The third-order valence-corrected chi connectivity index (χ3v) is 2.30. The first kappa shape index (κ1) is 14.3. The Bertz CT molecular complexity index is 178. The summed E-state index contributed by atoms with van der Waals surface area (Å²) in [5.74, 6) is 0. The summed E-state index contributed by atoms with van der Waals surface area (Å²) in [6.45, 7) is 11.1. The first-order chi connectivity index (χ1) is 6.99. The largest absolute Gasteiger partial charge is 0.336 e. The van der Waals surface area contributed by atoms with Crippen LogP contribution in [0.1, 0.15) is 53.9 Å². The fraction of sp³-hybridized carbons (Fsp3) is 0.917. The average Bonchev–Trinajstić information content (AvgIpc) is 2.10. The zero-order valence-corrected chi connectivity index (χ0v) is 10.8. The summed E-state index contributed by atoms with van der Waals surface area (Å²) in [6, 6.07) is 0.557. The first-order valence-electron chi connectivity index (χ1n) is 6.06. The highest BCUT2D eigenvalue weighted by molar-refractivity contribution is 5.74. The Hall–Kier alpha value is -0.730. The Morgan fingerprint density at radius 3 is 2.20 bits per heavy atom. The molecule has 0 atom stereocenters. The summed E-state index contributed by atoms with van der Waals surface area (Å²) in [7, 11) is 0. The van der Waals surface area contributed by atoms with Crippen molar-refractivity contribution in [3.8, 4) is 0 Å². The van der Waals surface area contributed by atoms with E-state index in [-0.39, 0.29) is 18.1 Å². The van der Waals surface area contributed by atoms with E-state index in [4.69, 9.17) is 0 Å². The fourth-order valence-corrected chi connectivity index (χ4v) is 1.46. The molecule has 0 aliphatic heterocycles. The number of nitrogens with one attached hydrogen (secondary N) is 1. The summed E-state index contributed by atoms with van der Waals surface area (Å²) in [4.78, 5) is 13.7. The van der Waals surface area contributed by atoms with E-state index in [1.54, 1.807) is 0 Å². The van der Waals surface area contributed by atoms with Gasteiger partial charge in [-0.2, -0.15) is 0 Å². The van der Waals surface area contributed by atoms with Gasteiger partial charge in [-0.1, -0.05) is 19.8 Å². The minimum atomic E-state index is 0.0658. The highest BCUT2D eigenvalue weighted by Crippen LogP contribution is 2.04. The molecule has 0 aliphatic carbocycles. The van der Waals surface area contributed by atoms with Crippen molar-refractivity contribution in [2.75, 3.05) is 6.54 Å². The number of urea groups is 1. The Morgan fingerprint density at radius 2 is 1.80 bits per heavy atom. The lowest BCUT2D eigenvalue weighted by Crippen LogP contribution is -2.46. The number of rotatable bonds is 6. The van der Waals surface area contributed by atoms with Gasteiger partial charge >= 0.3 is 6.03 Å². The molecule has 3 heteroatoms. The molecule has 0 rings (SSSR count). The van der Waals surface area contributed by atoms with E-state index >= 15 is 0 Å². The molecule has 3 nitrogen and oxygen atoms in total. The van der Waals surface area contributed by atoms with Crippen LogP contribution in [-0.2, 0) is 0 Å². The van der Waals surface area contributed by atoms with Crippen LogP contribution in [0, 0.1) is 0 Å². The van der Waals surface area contributed by atoms with E-state index in [2.05, 4.69) is 26.1 Å². The molecule has 0 aliphatic rings. The second-order valence-electron chi connectivity index (χ2n) is 4.60. The topological polar surface area (TPSA) is 32.3 Å². The molecule has 0 aromatic rings. The number of carbonyl (C=O) groups is 1. The molecule has 1 N–H and O–H groups in total. The Morgan fingerprint density at radius 1 is 1.20 bits per heavy atom. The van der Waals surface area contributed by atoms with Crippen molar-refractivity contribution in [1.29, 1.82) is 0 Å². The van der Waals surface area contributed by atoms with Crippen LogP contribution < -0.4 is 5.32 Å². The van der Waals surface area contributed by atoms with Crippen LogP contribution in [-0.4, -0.2) is 29.6 Å². The van der Waals surface area contributed by atoms with Gasteiger partial charge in [-0.15, -0.1) is 0 Å². The smallest absolute Gasteiger partial charge is 0.317 e. The van der Waals surface area contributed by atoms with Gasteiger partial charge in [0.05, 0.1) is 0 Å². The standard InChI is InChI=1S/C12H26N2O/c1-6-7-8-9-14(11(4)5)12(15)13-10(2)3/h10-11H,6-9H2,1-5H3,(H,13,15). The Kier molecular flexibility index (Phi) is 7.18. The lowest BCUT2D eigenvalue weighted by atomic mass is 10.2. The second kappa shape index (κ2) is 7.55. The number of carbonyl (C=O) groups excluding carboxylic acids is 1. The summed E-state index contributed by atoms with van der Waals surface area (Å²) < 4.78 is 0. The maximum absolute atomic E-state index is 11.8. The molecule has 0 radical (unpaired) electrons. The molecule has 0 fully saturated rings. The molecule has 90 valence electrons. The monoisotopic (exact) mass is 214 g/mol. The van der Waals surface area contributed by atoms with Crippen molar-refractivity contribution in [2.24, 2.45) is 0 Å². The molecule has 0 bridgehead atoms. The van der Waals surface area contributed by atoms with Gasteiger partial charge in [-0.3, -0.25) is 0 Å². The lowest BCUT2D eigenvalue weighted by molar-refractivity contribution is 0.179. The molecule has 0 unspecified atom stereocenters. The van der Waals surface area contributed by atoms with Crippen LogP contribution in [0.2, 0.25) is 0 Å². The number of hydrogen-bond donors (Lipinski definition) is 1. The van der Waals surface area contributed by atoms with Gasteiger partial charge in [0.15, 0.2) is 0 Å². The van der Waals surface area contributed by atoms with Gasteiger partial charge < -0.3 is 10.2 Å². The first-order valence-corrected chi connectivity index (χ1v) is 6.06. The van der Waals surface area contributed by atoms with Gasteiger partial charge in [-0.05, 0) is 34.1 Å². The average molecular weight is 214 g/mol. The number of amides is 2. The number of nitrogens with zero attached hydrogens (tertiary/aromatic N) is 1. The maximum Gasteiger partial charge on any atom is 0.317 e. The zero-order valence-electron chi connectivity index (χ0n) is 10.8. The molecule has 0 saturated carbocycles. The Labute approximate surface area is 94.2 Å². The molecule has 2 amide bonds. The van der Waals surface area contributed by atoms with Gasteiger partial charge in [0.2, 0.25) is 0 Å². The van der Waals surface area contributed by atoms with E-state index in [1.165, 1.54) is 12.8 Å². The van der Waals surface area contributed by atoms with Crippen molar-refractivity contribution < 1.29 is 4.79 Å². The minimum absolute atomic E-state index is 0.0658. The number of hydrogen-bond acceptors (Lipinski definition) is 1. The highest BCUT2D eigenvalue weighted by Gasteiger charge is 2.16. The molecular weight excluding hydrogens is 188 g/mol. The molecule has 0 aromatic heterocycles. The van der Waals surface area contributed by atoms with Gasteiger partial charge in [0.25, 0.3) is 0 Å². The van der Waals surface area contributed by atoms with E-state index in [1.807, 2.05) is 18.7 Å². The Balaban J connectivity index is 4.07. The summed E-state index contributed by atoms with van der Waals surface area (Å²) in [5.41, 5.74) is 0. The van der Waals surface area contributed by atoms with E-state index < -0.39 is 0 Å². The van der Waals surface area contributed by atoms with Crippen molar-refractivity contribution in [1.82, 2.24) is 10.2 Å². The quantitative estimate of drug-likeness (QED) is 0.677. The van der Waals surface area contributed by atoms with Crippen LogP contribution in [0.4, 0.5) is 4.79 Å². The van der Waals surface area contributed by atoms with Crippen molar-refractivity contribution >= 4 is 6.03 Å². The third-order valence-electron chi connectivity index (χ3n) is 2.30. The predicted octanol–water partition coefficient (Wildman–Crippen LogP) is 3.01. The number of unbranched alkanes of at least 4 members (excludes halogenated alkanes) is 2. The molecule has 0 spiro atoms. The van der Waals surface area contributed by atoms with Gasteiger partial charge in [0.1, 0.15) is 0 Å². The zero-order chi connectivity index (χ0) is 11.8. The SMILES string of the molecule is CCCCCN(C(=O)NC(C)C)C(C)C. The maximum atomic E-state index is 11.8. The highest BCUT2D eigenvalue weighted by atomic mass is 16.2. The molecule has 15 heavy (non-hydrogen) atoms. The molecule has 0 saturated heterocycles. The van der Waals surface area contributed by atoms with Crippen LogP contribution in [0.15, 0.2) is 0 Å². The predicted molar refractivity (Wildman–Crippen MR) is 65.0 cm³/mol. The van der Waals surface area contributed by atoms with Crippen LogP contribution in [0.5, 0.6) is 0 Å². The van der Waals surface area contributed by atoms with Crippen LogP contribution in [0.25, 0.3) is 0 Å². The van der Waals surface area contributed by atoms with Crippen LogP contribution >= 0.6 is 0 Å². The molecular formula is C12H26N2O. The van der Waals surface area contributed by atoms with E-state index in [9.17, 15) is 4.79 Å². The van der Waals surface area contributed by atoms with Crippen molar-refractivity contribution in [3.05, 3.63) is 0 Å². The second-order valence-corrected chi connectivity index (χ2v) is 4.60. The molecule has 0 aromatic carbocycles. The summed E-state index contributed by atoms with van der Waals surface area (Å²) >= 11 is 0. The van der Waals surface area contributed by atoms with Gasteiger partial charge in [-0.25, -0.2) is 4.79 Å². The summed E-state index contributed by atoms with van der Waals surface area (Å²) in [6.07, 6.45) is 3.48. The van der Waals surface area contributed by atoms with E-state index in [0.29, 0.717) is 0 Å². The minimum Gasteiger partial charge on any atom is -0.336 e. The van der Waals surface area contributed by atoms with Crippen molar-refractivity contribution in [2.45, 2.75) is 66.0 Å². The lowest BCUT2D eigenvalue weighted by Gasteiger charge is -2.28. The van der Waals surface area contributed by atoms with Crippen LogP contribution in [0.3, 0.4) is 0 Å².